The lowest BCUT2D eigenvalue weighted by molar-refractivity contribution is -0.138. The first kappa shape index (κ1) is 14.0. The van der Waals surface area contributed by atoms with Gasteiger partial charge >= 0.3 is 5.97 Å². The molecule has 0 radical (unpaired) electrons. The number of hydrogen-bond donors (Lipinski definition) is 2. The molecule has 0 bridgehead atoms. The molecular weight excluding hydrogens is 220 g/mol. The highest BCUT2D eigenvalue weighted by Gasteiger charge is 2.23. The van der Waals surface area contributed by atoms with Gasteiger partial charge in [0.1, 0.15) is 0 Å². The van der Waals surface area contributed by atoms with E-state index in [2.05, 4.69) is 5.32 Å². The van der Waals surface area contributed by atoms with Crippen molar-refractivity contribution in [2.75, 3.05) is 13.6 Å². The van der Waals surface area contributed by atoms with Crippen LogP contribution in [0.3, 0.4) is 0 Å². The fourth-order valence-corrected chi connectivity index (χ4v) is 2.06. The summed E-state index contributed by atoms with van der Waals surface area (Å²) in [6.07, 6.45) is 4.58. The SMILES string of the molecule is CC(C(=O)NC1CCCC1)N(C)CCC(=O)O. The van der Waals surface area contributed by atoms with Crippen molar-refractivity contribution >= 4 is 11.9 Å². The van der Waals surface area contributed by atoms with Gasteiger partial charge < -0.3 is 10.4 Å². The van der Waals surface area contributed by atoms with E-state index in [0.717, 1.165) is 12.8 Å². The lowest BCUT2D eigenvalue weighted by Crippen LogP contribution is -2.46. The van der Waals surface area contributed by atoms with Crippen LogP contribution in [0.25, 0.3) is 0 Å². The molecule has 5 heteroatoms. The van der Waals surface area contributed by atoms with Gasteiger partial charge in [-0.25, -0.2) is 0 Å². The molecule has 2 N–H and O–H groups in total. The minimum atomic E-state index is -0.833. The molecule has 0 saturated heterocycles. The van der Waals surface area contributed by atoms with E-state index >= 15 is 0 Å². The number of likely N-dealkylation sites (N-methyl/N-ethyl adjacent to an activating group) is 1. The predicted molar refractivity (Wildman–Crippen MR) is 64.7 cm³/mol. The molecule has 17 heavy (non-hydrogen) atoms. The summed E-state index contributed by atoms with van der Waals surface area (Å²) in [6, 6.07) is 0.0489. The predicted octanol–water partition coefficient (Wildman–Crippen LogP) is 0.840. The molecule has 1 aliphatic rings. The Morgan fingerprint density at radius 1 is 1.41 bits per heavy atom. The second-order valence-corrected chi connectivity index (χ2v) is 4.79. The van der Waals surface area contributed by atoms with Gasteiger partial charge in [0.2, 0.25) is 5.91 Å². The number of carbonyl (C=O) groups excluding carboxylic acids is 1. The molecule has 0 aromatic heterocycles. The van der Waals surface area contributed by atoms with Gasteiger partial charge in [-0.05, 0) is 26.8 Å². The normalized spacial score (nSPS) is 18.3. The van der Waals surface area contributed by atoms with Gasteiger partial charge in [0, 0.05) is 12.6 Å². The van der Waals surface area contributed by atoms with E-state index in [1.165, 1.54) is 12.8 Å². The van der Waals surface area contributed by atoms with E-state index in [1.54, 1.807) is 11.9 Å². The third-order valence-corrected chi connectivity index (χ3v) is 3.42. The van der Waals surface area contributed by atoms with Crippen LogP contribution in [0.4, 0.5) is 0 Å². The minimum absolute atomic E-state index is 0.00443. The van der Waals surface area contributed by atoms with Gasteiger partial charge in [-0.15, -0.1) is 0 Å². The average molecular weight is 242 g/mol. The molecule has 1 amide bonds. The van der Waals surface area contributed by atoms with E-state index in [0.29, 0.717) is 12.6 Å². The van der Waals surface area contributed by atoms with Crippen LogP contribution in [0, 0.1) is 0 Å². The van der Waals surface area contributed by atoms with E-state index in [4.69, 9.17) is 5.11 Å². The highest BCUT2D eigenvalue weighted by atomic mass is 16.4. The number of carboxylic acid groups (broad SMARTS) is 1. The zero-order valence-electron chi connectivity index (χ0n) is 10.6. The minimum Gasteiger partial charge on any atom is -0.481 e. The Hall–Kier alpha value is -1.10. The topological polar surface area (TPSA) is 69.6 Å². The van der Waals surface area contributed by atoms with Gasteiger partial charge in [-0.2, -0.15) is 0 Å². The summed E-state index contributed by atoms with van der Waals surface area (Å²) in [5.41, 5.74) is 0. The largest absolute Gasteiger partial charge is 0.481 e. The first-order valence-corrected chi connectivity index (χ1v) is 6.23. The lowest BCUT2D eigenvalue weighted by Gasteiger charge is -2.24. The fourth-order valence-electron chi connectivity index (χ4n) is 2.06. The monoisotopic (exact) mass is 242 g/mol. The Morgan fingerprint density at radius 2 is 2.00 bits per heavy atom. The summed E-state index contributed by atoms with van der Waals surface area (Å²) in [7, 11) is 1.78. The van der Waals surface area contributed by atoms with E-state index in [1.807, 2.05) is 6.92 Å². The number of aliphatic carboxylic acids is 1. The third-order valence-electron chi connectivity index (χ3n) is 3.42. The van der Waals surface area contributed by atoms with E-state index in [-0.39, 0.29) is 18.4 Å². The number of carbonyl (C=O) groups is 2. The van der Waals surface area contributed by atoms with Crippen molar-refractivity contribution in [3.8, 4) is 0 Å². The van der Waals surface area contributed by atoms with Crippen LogP contribution in [-0.4, -0.2) is 47.6 Å². The zero-order chi connectivity index (χ0) is 12.8. The summed E-state index contributed by atoms with van der Waals surface area (Å²) < 4.78 is 0. The third kappa shape index (κ3) is 4.73. The van der Waals surface area contributed by atoms with Crippen molar-refractivity contribution in [1.29, 1.82) is 0 Å². The van der Waals surface area contributed by atoms with Crippen molar-refractivity contribution in [2.24, 2.45) is 0 Å². The molecule has 1 atom stereocenters. The van der Waals surface area contributed by atoms with Crippen molar-refractivity contribution in [3.05, 3.63) is 0 Å². The molecule has 0 aliphatic heterocycles. The molecule has 5 nitrogen and oxygen atoms in total. The maximum Gasteiger partial charge on any atom is 0.304 e. The number of hydrogen-bond acceptors (Lipinski definition) is 3. The molecule has 0 aromatic rings. The fraction of sp³-hybridized carbons (Fsp3) is 0.833. The summed E-state index contributed by atoms with van der Waals surface area (Å²) >= 11 is 0. The maximum absolute atomic E-state index is 11.9. The molecule has 0 aromatic carbocycles. The van der Waals surface area contributed by atoms with Crippen LogP contribution in [-0.2, 0) is 9.59 Å². The molecule has 98 valence electrons. The van der Waals surface area contributed by atoms with Crippen molar-refractivity contribution < 1.29 is 14.7 Å². The Labute approximate surface area is 102 Å². The highest BCUT2D eigenvalue weighted by molar-refractivity contribution is 5.81. The van der Waals surface area contributed by atoms with Crippen molar-refractivity contribution in [1.82, 2.24) is 10.2 Å². The summed E-state index contributed by atoms with van der Waals surface area (Å²) in [4.78, 5) is 24.1. The summed E-state index contributed by atoms with van der Waals surface area (Å²) in [6.45, 7) is 2.21. The van der Waals surface area contributed by atoms with Crippen LogP contribution in [0.2, 0.25) is 0 Å². The summed E-state index contributed by atoms with van der Waals surface area (Å²) in [5, 5.41) is 11.6. The molecule has 1 rings (SSSR count). The van der Waals surface area contributed by atoms with E-state index in [9.17, 15) is 9.59 Å². The van der Waals surface area contributed by atoms with Crippen molar-refractivity contribution in [3.63, 3.8) is 0 Å². The number of carboxylic acids is 1. The number of rotatable bonds is 6. The molecule has 1 fully saturated rings. The first-order chi connectivity index (χ1) is 8.00. The van der Waals surface area contributed by atoms with Gasteiger partial charge in [0.25, 0.3) is 0 Å². The Morgan fingerprint density at radius 3 is 2.53 bits per heavy atom. The second kappa shape index (κ2) is 6.59. The zero-order valence-corrected chi connectivity index (χ0v) is 10.6. The standard InChI is InChI=1S/C12H22N2O3/c1-9(14(2)8-7-11(15)16)12(17)13-10-5-3-4-6-10/h9-10H,3-8H2,1-2H3,(H,13,17)(H,15,16). The van der Waals surface area contributed by atoms with Crippen LogP contribution < -0.4 is 5.32 Å². The van der Waals surface area contributed by atoms with Crippen LogP contribution >= 0.6 is 0 Å². The maximum atomic E-state index is 11.9. The lowest BCUT2D eigenvalue weighted by atomic mass is 10.2. The van der Waals surface area contributed by atoms with Gasteiger partial charge in [-0.3, -0.25) is 14.5 Å². The Balaban J connectivity index is 2.31. The second-order valence-electron chi connectivity index (χ2n) is 4.79. The Kier molecular flexibility index (Phi) is 5.41. The number of nitrogens with one attached hydrogen (secondary N) is 1. The van der Waals surface area contributed by atoms with Gasteiger partial charge in [0.05, 0.1) is 12.5 Å². The van der Waals surface area contributed by atoms with Gasteiger partial charge in [-0.1, -0.05) is 12.8 Å². The average Bonchev–Trinajstić information content (AvgIpc) is 2.77. The molecule has 0 heterocycles. The molecule has 1 saturated carbocycles. The van der Waals surface area contributed by atoms with Crippen LogP contribution in [0.5, 0.6) is 0 Å². The quantitative estimate of drug-likeness (QED) is 0.724. The van der Waals surface area contributed by atoms with Crippen LogP contribution in [0.1, 0.15) is 39.0 Å². The number of amides is 1. The highest BCUT2D eigenvalue weighted by Crippen LogP contribution is 2.17. The smallest absolute Gasteiger partial charge is 0.304 e. The number of nitrogens with zero attached hydrogens (tertiary/aromatic N) is 1. The van der Waals surface area contributed by atoms with Crippen LogP contribution in [0.15, 0.2) is 0 Å². The molecule has 0 spiro atoms. The molecular formula is C12H22N2O3. The molecule has 1 unspecified atom stereocenters. The Bertz CT molecular complexity index is 275. The summed E-state index contributed by atoms with van der Waals surface area (Å²) in [5.74, 6) is -0.829. The van der Waals surface area contributed by atoms with E-state index < -0.39 is 5.97 Å². The van der Waals surface area contributed by atoms with Crippen molar-refractivity contribution in [2.45, 2.75) is 51.1 Å². The first-order valence-electron chi connectivity index (χ1n) is 6.23. The molecule has 1 aliphatic carbocycles. The van der Waals surface area contributed by atoms with Gasteiger partial charge in [0.15, 0.2) is 0 Å².